The predicted molar refractivity (Wildman–Crippen MR) is 188 cm³/mol. The molecule has 9 rings (SSSR count). The van der Waals surface area contributed by atoms with Crippen molar-refractivity contribution in [3.8, 4) is 51.0 Å². The van der Waals surface area contributed by atoms with Gasteiger partial charge in [-0.15, -0.1) is 0 Å². The minimum Gasteiger partial charge on any atom is -0.309 e. The number of aromatic nitrogens is 4. The molecule has 0 bridgehead atoms. The van der Waals surface area contributed by atoms with Crippen molar-refractivity contribution in [3.05, 3.63) is 157 Å². The van der Waals surface area contributed by atoms with Crippen molar-refractivity contribution in [2.24, 2.45) is 0 Å². The van der Waals surface area contributed by atoms with Gasteiger partial charge in [0.15, 0.2) is 17.5 Å². The first-order valence-electron chi connectivity index (χ1n) is 15.7. The van der Waals surface area contributed by atoms with Crippen molar-refractivity contribution in [2.45, 2.75) is 19.3 Å². The normalized spacial score (nSPS) is 13.2. The van der Waals surface area contributed by atoms with E-state index in [1.165, 1.54) is 49.7 Å². The number of fused-ring (bicyclic) bond motifs is 5. The molecule has 0 saturated heterocycles. The van der Waals surface area contributed by atoms with E-state index in [2.05, 4.69) is 128 Å². The summed E-state index contributed by atoms with van der Waals surface area (Å²) in [6.07, 6.45) is 0. The second-order valence-electron chi connectivity index (χ2n) is 12.5. The van der Waals surface area contributed by atoms with Gasteiger partial charge < -0.3 is 4.57 Å². The van der Waals surface area contributed by atoms with E-state index in [4.69, 9.17) is 15.0 Å². The third kappa shape index (κ3) is 4.04. The van der Waals surface area contributed by atoms with Gasteiger partial charge in [0.1, 0.15) is 0 Å². The fourth-order valence-electron chi connectivity index (χ4n) is 7.09. The van der Waals surface area contributed by atoms with Crippen LogP contribution in [0.4, 0.5) is 0 Å². The molecule has 0 aliphatic carbocycles. The number of hydrogen-bond acceptors (Lipinski definition) is 3. The highest BCUT2D eigenvalue weighted by molar-refractivity contribution is 6.13. The summed E-state index contributed by atoms with van der Waals surface area (Å²) in [6.45, 7) is 4.66. The molecule has 3 heterocycles. The van der Waals surface area contributed by atoms with Crippen molar-refractivity contribution in [1.29, 1.82) is 0 Å². The molecule has 8 aromatic rings. The monoisotopic (exact) mass is 590 g/mol. The second kappa shape index (κ2) is 10.1. The molecule has 0 radical (unpaired) electrons. The first-order chi connectivity index (χ1) is 22.6. The Morgan fingerprint density at radius 2 is 0.957 bits per heavy atom. The van der Waals surface area contributed by atoms with Crippen LogP contribution in [0.2, 0.25) is 0 Å². The largest absolute Gasteiger partial charge is 0.309 e. The van der Waals surface area contributed by atoms with Crippen molar-refractivity contribution >= 4 is 21.8 Å². The molecule has 4 heteroatoms. The zero-order valence-corrected chi connectivity index (χ0v) is 25.6. The van der Waals surface area contributed by atoms with E-state index in [-0.39, 0.29) is 5.41 Å². The highest BCUT2D eigenvalue weighted by Crippen LogP contribution is 2.49. The molecule has 0 saturated carbocycles. The van der Waals surface area contributed by atoms with Crippen LogP contribution in [0, 0.1) is 0 Å². The summed E-state index contributed by atoms with van der Waals surface area (Å²) in [6, 6.07) is 51.2. The van der Waals surface area contributed by atoms with Crippen LogP contribution < -0.4 is 0 Å². The van der Waals surface area contributed by atoms with E-state index in [0.717, 1.165) is 16.7 Å². The Bertz CT molecular complexity index is 2370. The summed E-state index contributed by atoms with van der Waals surface area (Å²) in [4.78, 5) is 15.2. The van der Waals surface area contributed by atoms with Gasteiger partial charge in [0.05, 0.1) is 16.7 Å². The molecule has 0 spiro atoms. The molecule has 6 aromatic carbocycles. The quantitative estimate of drug-likeness (QED) is 0.205. The van der Waals surface area contributed by atoms with Crippen LogP contribution in [0.1, 0.15) is 25.0 Å². The molecular formula is C42H30N4. The first kappa shape index (κ1) is 26.5. The Hall–Kier alpha value is -5.87. The van der Waals surface area contributed by atoms with Gasteiger partial charge in [-0.25, -0.2) is 15.0 Å². The van der Waals surface area contributed by atoms with Crippen molar-refractivity contribution < 1.29 is 0 Å². The Morgan fingerprint density at radius 1 is 0.435 bits per heavy atom. The van der Waals surface area contributed by atoms with E-state index in [1.54, 1.807) is 0 Å². The average molecular weight is 591 g/mol. The Labute approximate surface area is 267 Å². The number of benzene rings is 6. The molecule has 0 N–H and O–H groups in total. The van der Waals surface area contributed by atoms with Crippen LogP contribution in [0.25, 0.3) is 72.8 Å². The molecule has 0 fully saturated rings. The van der Waals surface area contributed by atoms with Gasteiger partial charge in [-0.3, -0.25) is 0 Å². The average Bonchev–Trinajstić information content (AvgIpc) is 3.45. The Balaban J connectivity index is 1.37. The molecule has 46 heavy (non-hydrogen) atoms. The maximum Gasteiger partial charge on any atom is 0.164 e. The number of nitrogens with zero attached hydrogens (tertiary/aromatic N) is 4. The van der Waals surface area contributed by atoms with Crippen LogP contribution in [-0.4, -0.2) is 19.5 Å². The molecular weight excluding hydrogens is 560 g/mol. The number of hydrogen-bond donors (Lipinski definition) is 0. The lowest BCUT2D eigenvalue weighted by Crippen LogP contribution is -2.26. The minimum atomic E-state index is -0.241. The highest BCUT2D eigenvalue weighted by atomic mass is 15.0. The molecule has 0 unspecified atom stereocenters. The zero-order chi connectivity index (χ0) is 30.8. The third-order valence-corrected chi connectivity index (χ3v) is 9.42. The third-order valence-electron chi connectivity index (χ3n) is 9.42. The van der Waals surface area contributed by atoms with Gasteiger partial charge in [-0.05, 0) is 52.6 Å². The van der Waals surface area contributed by atoms with Crippen LogP contribution in [0.3, 0.4) is 0 Å². The summed E-state index contributed by atoms with van der Waals surface area (Å²) in [5.41, 5.74) is 11.3. The Kier molecular flexibility index (Phi) is 5.81. The van der Waals surface area contributed by atoms with Crippen LogP contribution in [0.15, 0.2) is 146 Å². The molecule has 218 valence electrons. The lowest BCUT2D eigenvalue weighted by molar-refractivity contribution is 0.630. The molecule has 4 nitrogen and oxygen atoms in total. The lowest BCUT2D eigenvalue weighted by Gasteiger charge is -2.35. The van der Waals surface area contributed by atoms with Gasteiger partial charge in [-0.2, -0.15) is 0 Å². The fraction of sp³-hybridized carbons (Fsp3) is 0.0714. The van der Waals surface area contributed by atoms with Crippen LogP contribution in [-0.2, 0) is 5.41 Å². The summed E-state index contributed by atoms with van der Waals surface area (Å²) in [5, 5.41) is 2.42. The molecule has 0 amide bonds. The predicted octanol–water partition coefficient (Wildman–Crippen LogP) is 10.3. The van der Waals surface area contributed by atoms with Gasteiger partial charge in [0, 0.05) is 32.9 Å². The van der Waals surface area contributed by atoms with Gasteiger partial charge in [0.2, 0.25) is 0 Å². The molecule has 1 aliphatic heterocycles. The summed E-state index contributed by atoms with van der Waals surface area (Å²) in [7, 11) is 0. The highest BCUT2D eigenvalue weighted by Gasteiger charge is 2.35. The van der Waals surface area contributed by atoms with E-state index >= 15 is 0 Å². The van der Waals surface area contributed by atoms with E-state index in [9.17, 15) is 0 Å². The maximum absolute atomic E-state index is 5.11. The minimum absolute atomic E-state index is 0.241. The fourth-order valence-corrected chi connectivity index (χ4v) is 7.09. The zero-order valence-electron chi connectivity index (χ0n) is 25.6. The van der Waals surface area contributed by atoms with Crippen molar-refractivity contribution in [3.63, 3.8) is 0 Å². The summed E-state index contributed by atoms with van der Waals surface area (Å²) < 4.78 is 2.46. The van der Waals surface area contributed by atoms with E-state index in [0.29, 0.717) is 17.5 Å². The summed E-state index contributed by atoms with van der Waals surface area (Å²) in [5.74, 6) is 1.99. The summed E-state index contributed by atoms with van der Waals surface area (Å²) >= 11 is 0. The van der Waals surface area contributed by atoms with E-state index < -0.39 is 0 Å². The SMILES string of the molecule is CC1(C)c2ccccc2-n2c3ccc(-c4ccccc4)cc3c3cc(-c4nc(-c5ccccc5)nc(-c5ccccc5)n4)cc1c32. The van der Waals surface area contributed by atoms with Gasteiger partial charge in [-0.1, -0.05) is 129 Å². The number of rotatable bonds is 4. The maximum atomic E-state index is 5.11. The molecule has 1 aliphatic rings. The topological polar surface area (TPSA) is 43.6 Å². The van der Waals surface area contributed by atoms with Gasteiger partial charge in [0.25, 0.3) is 0 Å². The lowest BCUT2D eigenvalue weighted by atomic mass is 9.74. The van der Waals surface area contributed by atoms with Crippen LogP contribution in [0.5, 0.6) is 0 Å². The molecule has 2 aromatic heterocycles. The number of para-hydroxylation sites is 1. The van der Waals surface area contributed by atoms with Crippen molar-refractivity contribution in [1.82, 2.24) is 19.5 Å². The van der Waals surface area contributed by atoms with Gasteiger partial charge >= 0.3 is 0 Å². The first-order valence-corrected chi connectivity index (χ1v) is 15.7. The molecule has 0 atom stereocenters. The Morgan fingerprint density at radius 3 is 1.59 bits per heavy atom. The van der Waals surface area contributed by atoms with Crippen molar-refractivity contribution in [2.75, 3.05) is 0 Å². The van der Waals surface area contributed by atoms with E-state index in [1.807, 2.05) is 36.4 Å². The second-order valence-corrected chi connectivity index (χ2v) is 12.5. The standard InChI is InChI=1S/C42H30N4/c1-42(2)34-20-12-13-21-37(34)46-36-23-22-30(27-14-6-3-7-15-27)24-32(36)33-25-31(26-35(42)38(33)46)41-44-39(28-16-8-4-9-17-28)43-40(45-41)29-18-10-5-11-19-29/h3-26H,1-2H3. The van der Waals surface area contributed by atoms with Crippen LogP contribution >= 0.6 is 0 Å². The smallest absolute Gasteiger partial charge is 0.164 e.